The maximum Gasteiger partial charge on any atom is 0.146 e. The number of hydrogen-bond donors (Lipinski definition) is 1. The van der Waals surface area contributed by atoms with E-state index in [2.05, 4.69) is 45.9 Å². The molecule has 0 aliphatic heterocycles. The van der Waals surface area contributed by atoms with Crippen LogP contribution in [0.5, 0.6) is 5.75 Å². The van der Waals surface area contributed by atoms with Crippen molar-refractivity contribution in [3.05, 3.63) is 109 Å². The minimum Gasteiger partial charge on any atom is -0.507 e. The third-order valence-electron chi connectivity index (χ3n) is 5.77. The van der Waals surface area contributed by atoms with Crippen LogP contribution in [0.15, 0.2) is 109 Å². The van der Waals surface area contributed by atoms with Crippen molar-refractivity contribution in [1.29, 1.82) is 0 Å². The van der Waals surface area contributed by atoms with Gasteiger partial charge in [-0.2, -0.15) is 0 Å². The average molecular weight is 413 g/mol. The van der Waals surface area contributed by atoms with E-state index in [0.29, 0.717) is 5.56 Å². The number of phenolic OH excluding ortho intramolecular Hbond substituents is 1. The van der Waals surface area contributed by atoms with Crippen LogP contribution in [0.2, 0.25) is 0 Å². The third kappa shape index (κ3) is 2.93. The second kappa shape index (κ2) is 7.36. The van der Waals surface area contributed by atoms with Crippen LogP contribution in [-0.2, 0) is 0 Å². The van der Waals surface area contributed by atoms with E-state index in [1.807, 2.05) is 66.9 Å². The molecule has 0 aliphatic rings. The monoisotopic (exact) mass is 413 g/mol. The van der Waals surface area contributed by atoms with Gasteiger partial charge in [-0.15, -0.1) is 0 Å². The Morgan fingerprint density at radius 3 is 2.38 bits per heavy atom. The van der Waals surface area contributed by atoms with Gasteiger partial charge in [-0.25, -0.2) is 4.98 Å². The quantitative estimate of drug-likeness (QED) is 0.355. The zero-order valence-corrected chi connectivity index (χ0v) is 17.2. The molecule has 4 nitrogen and oxygen atoms in total. The summed E-state index contributed by atoms with van der Waals surface area (Å²) >= 11 is 0. The molecule has 0 saturated heterocycles. The molecule has 0 radical (unpaired) electrons. The molecule has 3 heterocycles. The molecule has 0 bridgehead atoms. The van der Waals surface area contributed by atoms with Gasteiger partial charge >= 0.3 is 0 Å². The zero-order chi connectivity index (χ0) is 21.5. The Morgan fingerprint density at radius 2 is 1.50 bits per heavy atom. The lowest BCUT2D eigenvalue weighted by Gasteiger charge is -2.10. The largest absolute Gasteiger partial charge is 0.507 e. The normalized spacial score (nSPS) is 11.2. The van der Waals surface area contributed by atoms with Gasteiger partial charge in [-0.3, -0.25) is 9.55 Å². The van der Waals surface area contributed by atoms with Crippen LogP contribution in [-0.4, -0.2) is 19.6 Å². The number of fused-ring (bicyclic) bond motifs is 3. The molecule has 0 fully saturated rings. The van der Waals surface area contributed by atoms with Crippen LogP contribution in [0.1, 0.15) is 0 Å². The number of benzene rings is 3. The maximum absolute atomic E-state index is 10.4. The molecule has 0 aliphatic carbocycles. The summed E-state index contributed by atoms with van der Waals surface area (Å²) in [5, 5.41) is 12.6. The van der Waals surface area contributed by atoms with E-state index in [1.54, 1.807) is 6.07 Å². The highest BCUT2D eigenvalue weighted by Crippen LogP contribution is 2.35. The van der Waals surface area contributed by atoms with Gasteiger partial charge in [0.2, 0.25) is 0 Å². The number of aromatic hydroxyl groups is 1. The fourth-order valence-corrected chi connectivity index (χ4v) is 4.28. The summed E-state index contributed by atoms with van der Waals surface area (Å²) in [5.41, 5.74) is 6.38. The van der Waals surface area contributed by atoms with Crippen molar-refractivity contribution in [2.24, 2.45) is 0 Å². The summed E-state index contributed by atoms with van der Waals surface area (Å²) < 4.78 is 2.18. The highest BCUT2D eigenvalue weighted by atomic mass is 16.3. The predicted molar refractivity (Wildman–Crippen MR) is 129 cm³/mol. The Morgan fingerprint density at radius 1 is 0.656 bits per heavy atom. The topological polar surface area (TPSA) is 50.9 Å². The minimum absolute atomic E-state index is 0.221. The molecule has 4 heteroatoms. The van der Waals surface area contributed by atoms with Crippen molar-refractivity contribution in [2.75, 3.05) is 0 Å². The van der Waals surface area contributed by atoms with Gasteiger partial charge in [0.25, 0.3) is 0 Å². The number of para-hydroxylation sites is 2. The van der Waals surface area contributed by atoms with E-state index < -0.39 is 0 Å². The van der Waals surface area contributed by atoms with Gasteiger partial charge < -0.3 is 5.11 Å². The molecule has 0 saturated carbocycles. The first-order valence-corrected chi connectivity index (χ1v) is 10.5. The minimum atomic E-state index is 0.221. The number of rotatable bonds is 3. The second-order valence-electron chi connectivity index (χ2n) is 7.70. The van der Waals surface area contributed by atoms with Gasteiger partial charge in [0.05, 0.1) is 16.9 Å². The first-order chi connectivity index (χ1) is 15.8. The lowest BCUT2D eigenvalue weighted by Crippen LogP contribution is -1.97. The molecule has 0 spiro atoms. The molecule has 3 aromatic carbocycles. The van der Waals surface area contributed by atoms with E-state index in [-0.39, 0.29) is 5.75 Å². The summed E-state index contributed by atoms with van der Waals surface area (Å²) in [5.74, 6) is 0.221. The molecule has 6 aromatic rings. The van der Waals surface area contributed by atoms with Crippen LogP contribution in [0.3, 0.4) is 0 Å². The number of phenols is 1. The summed E-state index contributed by atoms with van der Waals surface area (Å²) in [7, 11) is 0. The molecule has 0 amide bonds. The van der Waals surface area contributed by atoms with Crippen molar-refractivity contribution in [2.45, 2.75) is 0 Å². The summed E-state index contributed by atoms with van der Waals surface area (Å²) in [6.45, 7) is 0. The van der Waals surface area contributed by atoms with Crippen LogP contribution < -0.4 is 0 Å². The van der Waals surface area contributed by atoms with E-state index in [4.69, 9.17) is 4.98 Å². The Labute approximate surface area is 185 Å². The second-order valence-corrected chi connectivity index (χ2v) is 7.70. The molecule has 6 rings (SSSR count). The van der Waals surface area contributed by atoms with Crippen molar-refractivity contribution in [3.63, 3.8) is 0 Å². The Hall–Kier alpha value is -4.44. The van der Waals surface area contributed by atoms with Crippen molar-refractivity contribution in [3.8, 4) is 34.0 Å². The van der Waals surface area contributed by atoms with Crippen molar-refractivity contribution in [1.82, 2.24) is 14.5 Å². The fourth-order valence-electron chi connectivity index (χ4n) is 4.28. The van der Waals surface area contributed by atoms with Crippen molar-refractivity contribution >= 4 is 21.9 Å². The molecule has 1 N–H and O–H groups in total. The number of aromatic nitrogens is 3. The molecule has 0 unspecified atom stereocenters. The Kier molecular flexibility index (Phi) is 4.22. The summed E-state index contributed by atoms with van der Waals surface area (Å²) in [6.07, 6.45) is 1.81. The number of hydrogen-bond acceptors (Lipinski definition) is 3. The summed E-state index contributed by atoms with van der Waals surface area (Å²) in [6, 6.07) is 34.0. The number of pyridine rings is 2. The van der Waals surface area contributed by atoms with E-state index in [0.717, 1.165) is 44.6 Å². The molecular weight excluding hydrogens is 394 g/mol. The van der Waals surface area contributed by atoms with Crippen LogP contribution >= 0.6 is 0 Å². The zero-order valence-electron chi connectivity index (χ0n) is 17.2. The third-order valence-corrected chi connectivity index (χ3v) is 5.77. The number of nitrogens with zero attached hydrogens (tertiary/aromatic N) is 3. The maximum atomic E-state index is 10.4. The van der Waals surface area contributed by atoms with Gasteiger partial charge in [-0.05, 0) is 54.6 Å². The van der Waals surface area contributed by atoms with Gasteiger partial charge in [0.1, 0.15) is 11.4 Å². The molecular formula is C28H19N3O. The van der Waals surface area contributed by atoms with Crippen LogP contribution in [0.25, 0.3) is 50.1 Å². The highest BCUT2D eigenvalue weighted by Gasteiger charge is 2.15. The Bertz CT molecular complexity index is 1590. The molecule has 32 heavy (non-hydrogen) atoms. The fraction of sp³-hybridized carbons (Fsp3) is 0. The average Bonchev–Trinajstić information content (AvgIpc) is 3.19. The van der Waals surface area contributed by atoms with E-state index in [9.17, 15) is 5.11 Å². The Balaban J connectivity index is 1.64. The lowest BCUT2D eigenvalue weighted by molar-refractivity contribution is 0.477. The summed E-state index contributed by atoms with van der Waals surface area (Å²) in [4.78, 5) is 9.52. The van der Waals surface area contributed by atoms with Crippen molar-refractivity contribution < 1.29 is 5.11 Å². The van der Waals surface area contributed by atoms with Gasteiger partial charge in [0, 0.05) is 33.8 Å². The first-order valence-electron chi connectivity index (χ1n) is 10.5. The van der Waals surface area contributed by atoms with Crippen LogP contribution in [0.4, 0.5) is 0 Å². The van der Waals surface area contributed by atoms with E-state index in [1.165, 1.54) is 0 Å². The molecule has 152 valence electrons. The van der Waals surface area contributed by atoms with E-state index >= 15 is 0 Å². The predicted octanol–water partition coefficient (Wildman–Crippen LogP) is 6.61. The standard InChI is InChI=1S/C28H19N3O/c32-27-14-4-2-11-23(27)25-16-15-22-21-10-1-3-13-26(21)31(28(22)30-25)20-9-7-8-19(18-20)24-12-5-6-17-29-24/h1-18,32H. The first kappa shape index (κ1) is 18.3. The van der Waals surface area contributed by atoms with Gasteiger partial charge in [0.15, 0.2) is 0 Å². The smallest absolute Gasteiger partial charge is 0.146 e. The van der Waals surface area contributed by atoms with Crippen LogP contribution in [0, 0.1) is 0 Å². The lowest BCUT2D eigenvalue weighted by atomic mass is 10.1. The highest BCUT2D eigenvalue weighted by molar-refractivity contribution is 6.08. The molecule has 3 aromatic heterocycles. The van der Waals surface area contributed by atoms with Gasteiger partial charge in [-0.1, -0.05) is 48.5 Å². The molecule has 0 atom stereocenters. The SMILES string of the molecule is Oc1ccccc1-c1ccc2c3ccccc3n(-c3cccc(-c4ccccn4)c3)c2n1.